The second-order valence-corrected chi connectivity index (χ2v) is 5.36. The molecule has 0 unspecified atom stereocenters. The van der Waals surface area contributed by atoms with Crippen LogP contribution in [0.25, 0.3) is 10.9 Å². The van der Waals surface area contributed by atoms with Crippen LogP contribution in [0.1, 0.15) is 5.56 Å². The highest BCUT2D eigenvalue weighted by molar-refractivity contribution is 5.82. The molecule has 0 saturated carbocycles. The zero-order valence-corrected chi connectivity index (χ0v) is 11.1. The SMILES string of the molecule is OCC1(CNCc2ccc(F)c3cccnc23)COC1. The highest BCUT2D eigenvalue weighted by Crippen LogP contribution is 2.26. The zero-order valence-electron chi connectivity index (χ0n) is 11.1. The van der Waals surface area contributed by atoms with Crippen LogP contribution in [0.3, 0.4) is 0 Å². The first-order valence-corrected chi connectivity index (χ1v) is 6.66. The molecule has 0 radical (unpaired) electrons. The Hall–Kier alpha value is -1.56. The lowest BCUT2D eigenvalue weighted by Gasteiger charge is -2.40. The molecular weight excluding hydrogens is 259 g/mol. The van der Waals surface area contributed by atoms with Gasteiger partial charge in [0.2, 0.25) is 0 Å². The second kappa shape index (κ2) is 5.44. The Kier molecular flexibility index (Phi) is 3.65. The number of aromatic nitrogens is 1. The quantitative estimate of drug-likeness (QED) is 0.868. The number of aliphatic hydroxyl groups excluding tert-OH is 1. The largest absolute Gasteiger partial charge is 0.396 e. The number of halogens is 1. The van der Waals surface area contributed by atoms with Gasteiger partial charge >= 0.3 is 0 Å². The van der Waals surface area contributed by atoms with Crippen LogP contribution in [0.15, 0.2) is 30.5 Å². The summed E-state index contributed by atoms with van der Waals surface area (Å²) in [5, 5.41) is 13.2. The molecule has 0 aliphatic carbocycles. The Morgan fingerprint density at radius 3 is 2.90 bits per heavy atom. The van der Waals surface area contributed by atoms with E-state index in [1.165, 1.54) is 6.07 Å². The first kappa shape index (κ1) is 13.4. The first-order valence-electron chi connectivity index (χ1n) is 6.66. The van der Waals surface area contributed by atoms with Gasteiger partial charge in [-0.1, -0.05) is 6.07 Å². The molecule has 1 fully saturated rings. The number of aliphatic hydroxyl groups is 1. The molecule has 1 aromatic carbocycles. The molecule has 20 heavy (non-hydrogen) atoms. The third-order valence-electron chi connectivity index (χ3n) is 3.77. The molecular formula is C15H17FN2O2. The average Bonchev–Trinajstić information content (AvgIpc) is 2.44. The third-order valence-corrected chi connectivity index (χ3v) is 3.77. The standard InChI is InChI=1S/C15H17FN2O2/c16-13-4-3-11(14-12(13)2-1-5-18-14)6-17-7-15(8-19)9-20-10-15/h1-5,17,19H,6-10H2. The van der Waals surface area contributed by atoms with Crippen molar-refractivity contribution in [3.05, 3.63) is 41.8 Å². The van der Waals surface area contributed by atoms with Gasteiger partial charge < -0.3 is 15.2 Å². The Bertz CT molecular complexity index is 608. The monoisotopic (exact) mass is 276 g/mol. The molecule has 1 aliphatic rings. The van der Waals surface area contributed by atoms with E-state index < -0.39 is 0 Å². The number of nitrogens with one attached hydrogen (secondary N) is 1. The van der Waals surface area contributed by atoms with Crippen LogP contribution in [0.2, 0.25) is 0 Å². The number of nitrogens with zero attached hydrogens (tertiary/aromatic N) is 1. The topological polar surface area (TPSA) is 54.4 Å². The summed E-state index contributed by atoms with van der Waals surface area (Å²) in [6.45, 7) is 2.55. The van der Waals surface area contributed by atoms with E-state index in [1.807, 2.05) is 0 Å². The van der Waals surface area contributed by atoms with Crippen LogP contribution < -0.4 is 5.32 Å². The first-order chi connectivity index (χ1) is 9.74. The van der Waals surface area contributed by atoms with Crippen molar-refractivity contribution in [3.63, 3.8) is 0 Å². The molecule has 0 amide bonds. The van der Waals surface area contributed by atoms with Crippen LogP contribution in [-0.4, -0.2) is 36.5 Å². The Morgan fingerprint density at radius 2 is 2.20 bits per heavy atom. The fraction of sp³-hybridized carbons (Fsp3) is 0.400. The maximum absolute atomic E-state index is 13.7. The molecule has 3 rings (SSSR count). The van der Waals surface area contributed by atoms with Gasteiger partial charge in [0.1, 0.15) is 5.82 Å². The van der Waals surface area contributed by atoms with E-state index in [4.69, 9.17) is 4.74 Å². The summed E-state index contributed by atoms with van der Waals surface area (Å²) in [5.41, 5.74) is 1.47. The van der Waals surface area contributed by atoms with Crippen molar-refractivity contribution in [1.82, 2.24) is 10.3 Å². The molecule has 2 heterocycles. The van der Waals surface area contributed by atoms with Gasteiger partial charge in [-0.15, -0.1) is 0 Å². The number of fused-ring (bicyclic) bond motifs is 1. The molecule has 1 saturated heterocycles. The normalized spacial score (nSPS) is 17.1. The van der Waals surface area contributed by atoms with Crippen molar-refractivity contribution >= 4 is 10.9 Å². The molecule has 1 aromatic heterocycles. The number of pyridine rings is 1. The Balaban J connectivity index is 1.73. The predicted octanol–water partition coefficient (Wildman–Crippen LogP) is 1.47. The Labute approximate surface area is 116 Å². The number of benzene rings is 1. The second-order valence-electron chi connectivity index (χ2n) is 5.36. The molecule has 106 valence electrons. The lowest BCUT2D eigenvalue weighted by molar-refractivity contribution is -0.134. The molecule has 0 spiro atoms. The van der Waals surface area contributed by atoms with Crippen LogP contribution in [0.4, 0.5) is 4.39 Å². The van der Waals surface area contributed by atoms with Gasteiger partial charge in [-0.05, 0) is 23.8 Å². The number of rotatable bonds is 5. The summed E-state index contributed by atoms with van der Waals surface area (Å²) in [5.74, 6) is -0.254. The smallest absolute Gasteiger partial charge is 0.132 e. The minimum atomic E-state index is -0.254. The summed E-state index contributed by atoms with van der Waals surface area (Å²) >= 11 is 0. The lowest BCUT2D eigenvalue weighted by Crippen LogP contribution is -2.52. The van der Waals surface area contributed by atoms with Crippen molar-refractivity contribution in [1.29, 1.82) is 0 Å². The zero-order chi connectivity index (χ0) is 14.0. The summed E-state index contributed by atoms with van der Waals surface area (Å²) in [4.78, 5) is 4.26. The fourth-order valence-electron chi connectivity index (χ4n) is 2.44. The molecule has 4 nitrogen and oxygen atoms in total. The molecule has 5 heteroatoms. The van der Waals surface area contributed by atoms with Gasteiger partial charge in [0.15, 0.2) is 0 Å². The number of hydrogen-bond donors (Lipinski definition) is 2. The van der Waals surface area contributed by atoms with Gasteiger partial charge in [0, 0.05) is 24.7 Å². The molecule has 0 bridgehead atoms. The maximum atomic E-state index is 13.7. The van der Waals surface area contributed by atoms with Crippen molar-refractivity contribution in [2.75, 3.05) is 26.4 Å². The van der Waals surface area contributed by atoms with Gasteiger partial charge in [-0.3, -0.25) is 4.98 Å². The molecule has 2 N–H and O–H groups in total. The fourth-order valence-corrected chi connectivity index (χ4v) is 2.44. The van der Waals surface area contributed by atoms with Gasteiger partial charge in [0.05, 0.1) is 30.8 Å². The minimum Gasteiger partial charge on any atom is -0.396 e. The van der Waals surface area contributed by atoms with E-state index in [9.17, 15) is 9.50 Å². The highest BCUT2D eigenvalue weighted by Gasteiger charge is 2.37. The lowest BCUT2D eigenvalue weighted by atomic mass is 9.87. The highest BCUT2D eigenvalue weighted by atomic mass is 19.1. The van der Waals surface area contributed by atoms with Crippen molar-refractivity contribution in [2.24, 2.45) is 5.41 Å². The van der Waals surface area contributed by atoms with E-state index >= 15 is 0 Å². The van der Waals surface area contributed by atoms with Crippen LogP contribution in [0.5, 0.6) is 0 Å². The van der Waals surface area contributed by atoms with Crippen molar-refractivity contribution < 1.29 is 14.2 Å². The summed E-state index contributed by atoms with van der Waals surface area (Å²) in [7, 11) is 0. The Morgan fingerprint density at radius 1 is 1.35 bits per heavy atom. The maximum Gasteiger partial charge on any atom is 0.132 e. The minimum absolute atomic E-state index is 0.114. The molecule has 0 atom stereocenters. The van der Waals surface area contributed by atoms with Gasteiger partial charge in [-0.25, -0.2) is 4.39 Å². The molecule has 1 aliphatic heterocycles. The number of ether oxygens (including phenoxy) is 1. The summed E-state index contributed by atoms with van der Waals surface area (Å²) in [6.07, 6.45) is 1.67. The van der Waals surface area contributed by atoms with E-state index in [-0.39, 0.29) is 17.8 Å². The van der Waals surface area contributed by atoms with Crippen LogP contribution >= 0.6 is 0 Å². The molecule has 2 aromatic rings. The average molecular weight is 276 g/mol. The van der Waals surface area contributed by atoms with Crippen molar-refractivity contribution in [2.45, 2.75) is 6.54 Å². The van der Waals surface area contributed by atoms with Crippen LogP contribution in [-0.2, 0) is 11.3 Å². The summed E-state index contributed by atoms with van der Waals surface area (Å²) < 4.78 is 18.8. The van der Waals surface area contributed by atoms with E-state index in [1.54, 1.807) is 24.4 Å². The van der Waals surface area contributed by atoms with Gasteiger partial charge in [-0.2, -0.15) is 0 Å². The van der Waals surface area contributed by atoms with Crippen LogP contribution in [0, 0.1) is 11.2 Å². The summed E-state index contributed by atoms with van der Waals surface area (Å²) in [6, 6.07) is 6.68. The third kappa shape index (κ3) is 2.40. The number of hydrogen-bond acceptors (Lipinski definition) is 4. The van der Waals surface area contributed by atoms with E-state index in [0.29, 0.717) is 37.2 Å². The predicted molar refractivity (Wildman–Crippen MR) is 73.7 cm³/mol. The van der Waals surface area contributed by atoms with E-state index in [0.717, 1.165) is 5.56 Å². The van der Waals surface area contributed by atoms with Gasteiger partial charge in [0.25, 0.3) is 0 Å². The van der Waals surface area contributed by atoms with Crippen molar-refractivity contribution in [3.8, 4) is 0 Å². The van der Waals surface area contributed by atoms with E-state index in [2.05, 4.69) is 10.3 Å².